The summed E-state index contributed by atoms with van der Waals surface area (Å²) < 4.78 is 48.7. The Labute approximate surface area is 223 Å². The second-order valence-corrected chi connectivity index (χ2v) is 9.81. The van der Waals surface area contributed by atoms with Crippen molar-refractivity contribution in [2.24, 2.45) is 5.92 Å². The molecule has 3 aromatic rings. The highest BCUT2D eigenvalue weighted by Gasteiger charge is 2.42. The number of alkyl halides is 3. The van der Waals surface area contributed by atoms with Crippen LogP contribution in [0.15, 0.2) is 48.7 Å². The van der Waals surface area contributed by atoms with Crippen molar-refractivity contribution < 1.29 is 32.2 Å². The van der Waals surface area contributed by atoms with Gasteiger partial charge in [0.15, 0.2) is 0 Å². The third-order valence-corrected chi connectivity index (χ3v) is 6.77. The van der Waals surface area contributed by atoms with Gasteiger partial charge in [-0.1, -0.05) is 35.9 Å². The minimum Gasteiger partial charge on any atom is -0.449 e. The quantitative estimate of drug-likeness (QED) is 0.303. The van der Waals surface area contributed by atoms with Crippen LogP contribution in [0.2, 0.25) is 5.02 Å². The fourth-order valence-electron chi connectivity index (χ4n) is 4.52. The standard InChI is InChI=1S/C27H29ClF3N3O4/c1-16(32-15-23(38-26(36)27(29,30)31)18-4-2-5-20(28)13-18)12-19-14-33-24-21(19)6-3-7-22(24)34-25(35)17-8-10-37-11-9-17/h2-7,13-14,16-17,23,32-33H,8-12,15H2,1H3,(H,34,35)/t16-,23+/m1/s1. The van der Waals surface area contributed by atoms with E-state index < -0.39 is 18.2 Å². The van der Waals surface area contributed by atoms with Gasteiger partial charge >= 0.3 is 12.1 Å². The first kappa shape index (κ1) is 27.9. The zero-order valence-corrected chi connectivity index (χ0v) is 21.5. The molecule has 38 heavy (non-hydrogen) atoms. The smallest absolute Gasteiger partial charge is 0.449 e. The first-order valence-electron chi connectivity index (χ1n) is 12.4. The number of halogens is 4. The Morgan fingerprint density at radius 1 is 1.18 bits per heavy atom. The van der Waals surface area contributed by atoms with Gasteiger partial charge in [-0.2, -0.15) is 13.2 Å². The molecular formula is C27H29ClF3N3O4. The maximum atomic E-state index is 12.9. The first-order chi connectivity index (χ1) is 18.1. The molecule has 1 fully saturated rings. The molecule has 7 nitrogen and oxygen atoms in total. The fraction of sp³-hybridized carbons (Fsp3) is 0.407. The molecule has 2 atom stereocenters. The van der Waals surface area contributed by atoms with Gasteiger partial charge < -0.3 is 25.1 Å². The monoisotopic (exact) mass is 551 g/mol. The second-order valence-electron chi connectivity index (χ2n) is 9.38. The van der Waals surface area contributed by atoms with Crippen molar-refractivity contribution in [3.63, 3.8) is 0 Å². The van der Waals surface area contributed by atoms with Crippen LogP contribution in [0.25, 0.3) is 10.9 Å². The summed E-state index contributed by atoms with van der Waals surface area (Å²) in [7, 11) is 0. The van der Waals surface area contributed by atoms with E-state index in [4.69, 9.17) is 21.1 Å². The summed E-state index contributed by atoms with van der Waals surface area (Å²) >= 11 is 6.00. The number of rotatable bonds is 9. The molecule has 204 valence electrons. The summed E-state index contributed by atoms with van der Waals surface area (Å²) in [5.41, 5.74) is 2.80. The average Bonchev–Trinajstić information content (AvgIpc) is 3.29. The number of esters is 1. The van der Waals surface area contributed by atoms with Crippen molar-refractivity contribution in [1.29, 1.82) is 0 Å². The van der Waals surface area contributed by atoms with E-state index in [1.54, 1.807) is 18.2 Å². The summed E-state index contributed by atoms with van der Waals surface area (Å²) in [4.78, 5) is 27.5. The van der Waals surface area contributed by atoms with Gasteiger partial charge in [0.05, 0.1) is 11.2 Å². The number of carbonyl (C=O) groups is 2. The average molecular weight is 552 g/mol. The molecule has 4 rings (SSSR count). The highest BCUT2D eigenvalue weighted by molar-refractivity contribution is 6.30. The molecule has 0 aliphatic carbocycles. The van der Waals surface area contributed by atoms with Crippen molar-refractivity contribution in [3.05, 3.63) is 64.8 Å². The van der Waals surface area contributed by atoms with Crippen molar-refractivity contribution in [1.82, 2.24) is 10.3 Å². The molecule has 1 amide bonds. The van der Waals surface area contributed by atoms with Crippen molar-refractivity contribution in [2.45, 2.75) is 44.5 Å². The summed E-state index contributed by atoms with van der Waals surface area (Å²) in [6.45, 7) is 3.00. The molecule has 11 heteroatoms. The van der Waals surface area contributed by atoms with E-state index in [9.17, 15) is 22.8 Å². The van der Waals surface area contributed by atoms with Gasteiger partial charge in [0.1, 0.15) is 6.10 Å². The Balaban J connectivity index is 1.42. The van der Waals surface area contributed by atoms with Gasteiger partial charge in [-0.25, -0.2) is 4.79 Å². The number of carbonyl (C=O) groups excluding carboxylic acids is 2. The number of benzene rings is 2. The number of aromatic amines is 1. The molecule has 2 heterocycles. The Kier molecular flexibility index (Phi) is 8.96. The molecule has 3 N–H and O–H groups in total. The molecule has 1 aromatic heterocycles. The van der Waals surface area contributed by atoms with E-state index in [-0.39, 0.29) is 24.4 Å². The highest BCUT2D eigenvalue weighted by Crippen LogP contribution is 2.29. The molecular weight excluding hydrogens is 523 g/mol. The lowest BCUT2D eigenvalue weighted by Gasteiger charge is -2.22. The number of fused-ring (bicyclic) bond motifs is 1. The van der Waals surface area contributed by atoms with Crippen LogP contribution in [0.3, 0.4) is 0 Å². The Morgan fingerprint density at radius 3 is 2.63 bits per heavy atom. The topological polar surface area (TPSA) is 92.5 Å². The minimum absolute atomic E-state index is 0.0348. The molecule has 0 bridgehead atoms. The van der Waals surface area contributed by atoms with E-state index in [1.165, 1.54) is 6.07 Å². The number of hydrogen-bond acceptors (Lipinski definition) is 5. The maximum Gasteiger partial charge on any atom is 0.490 e. The summed E-state index contributed by atoms with van der Waals surface area (Å²) in [5, 5.41) is 7.44. The molecule has 1 aliphatic heterocycles. The van der Waals surface area contributed by atoms with Gasteiger partial charge in [-0.3, -0.25) is 4.79 Å². The fourth-order valence-corrected chi connectivity index (χ4v) is 4.72. The van der Waals surface area contributed by atoms with Crippen molar-refractivity contribution >= 4 is 40.1 Å². The molecule has 0 spiro atoms. The lowest BCUT2D eigenvalue weighted by Crippen LogP contribution is -2.35. The zero-order valence-electron chi connectivity index (χ0n) is 20.7. The number of para-hydroxylation sites is 1. The van der Waals surface area contributed by atoms with Crippen LogP contribution < -0.4 is 10.6 Å². The molecule has 1 aliphatic rings. The van der Waals surface area contributed by atoms with E-state index in [2.05, 4.69) is 15.6 Å². The van der Waals surface area contributed by atoms with E-state index in [0.29, 0.717) is 48.7 Å². The van der Waals surface area contributed by atoms with Gasteiger partial charge in [0, 0.05) is 48.3 Å². The summed E-state index contributed by atoms with van der Waals surface area (Å²) in [5.74, 6) is -2.38. The lowest BCUT2D eigenvalue weighted by atomic mass is 9.99. The molecule has 0 radical (unpaired) electrons. The second kappa shape index (κ2) is 12.2. The number of aromatic nitrogens is 1. The number of H-pyrrole nitrogens is 1. The van der Waals surface area contributed by atoms with Crippen LogP contribution in [-0.4, -0.2) is 48.8 Å². The van der Waals surface area contributed by atoms with Gasteiger partial charge in [0.2, 0.25) is 5.91 Å². The number of anilines is 1. The van der Waals surface area contributed by atoms with Gasteiger partial charge in [-0.05, 0) is 55.5 Å². The lowest BCUT2D eigenvalue weighted by molar-refractivity contribution is -0.205. The van der Waals surface area contributed by atoms with E-state index >= 15 is 0 Å². The Bertz CT molecular complexity index is 1270. The maximum absolute atomic E-state index is 12.9. The van der Waals surface area contributed by atoms with Crippen molar-refractivity contribution in [2.75, 3.05) is 25.1 Å². The number of nitrogens with one attached hydrogen (secondary N) is 3. The normalized spacial score (nSPS) is 16.2. The SMILES string of the molecule is C[C@H](Cc1c[nH]c2c(NC(=O)C3CCOCC3)cccc12)NC[C@H](OC(=O)C(F)(F)F)c1cccc(Cl)c1. The van der Waals surface area contributed by atoms with Gasteiger partial charge in [0.25, 0.3) is 0 Å². The zero-order chi connectivity index (χ0) is 27.3. The minimum atomic E-state index is -5.11. The molecule has 0 unspecified atom stereocenters. The summed E-state index contributed by atoms with van der Waals surface area (Å²) in [6.07, 6.45) is -2.52. The summed E-state index contributed by atoms with van der Waals surface area (Å²) in [6, 6.07) is 11.7. The Hall–Kier alpha value is -3.08. The van der Waals surface area contributed by atoms with E-state index in [1.807, 2.05) is 31.3 Å². The van der Waals surface area contributed by atoms with Gasteiger partial charge in [-0.15, -0.1) is 0 Å². The third kappa shape index (κ3) is 7.06. The van der Waals surface area contributed by atoms with Crippen LogP contribution in [0.4, 0.5) is 18.9 Å². The molecule has 1 saturated heterocycles. The van der Waals surface area contributed by atoms with E-state index in [0.717, 1.165) is 16.5 Å². The molecule has 0 saturated carbocycles. The Morgan fingerprint density at radius 2 is 1.92 bits per heavy atom. The third-order valence-electron chi connectivity index (χ3n) is 6.53. The van der Waals surface area contributed by atoms with Crippen LogP contribution in [0, 0.1) is 5.92 Å². The van der Waals surface area contributed by atoms with Crippen LogP contribution in [0.1, 0.15) is 37.0 Å². The van der Waals surface area contributed by atoms with Crippen molar-refractivity contribution in [3.8, 4) is 0 Å². The number of hydrogen-bond donors (Lipinski definition) is 3. The number of ether oxygens (including phenoxy) is 2. The largest absolute Gasteiger partial charge is 0.490 e. The highest BCUT2D eigenvalue weighted by atomic mass is 35.5. The van der Waals surface area contributed by atoms with Crippen LogP contribution in [0.5, 0.6) is 0 Å². The van der Waals surface area contributed by atoms with Crippen LogP contribution >= 0.6 is 11.6 Å². The number of amides is 1. The predicted octanol–water partition coefficient (Wildman–Crippen LogP) is 5.55. The molecule has 2 aromatic carbocycles. The predicted molar refractivity (Wildman–Crippen MR) is 138 cm³/mol. The first-order valence-corrected chi connectivity index (χ1v) is 12.7. The van der Waals surface area contributed by atoms with Crippen LogP contribution in [-0.2, 0) is 25.5 Å².